The maximum absolute atomic E-state index is 13.2. The van der Waals surface area contributed by atoms with Gasteiger partial charge >= 0.3 is 0 Å². The molecule has 3 saturated heterocycles. The highest BCUT2D eigenvalue weighted by molar-refractivity contribution is 5.83. The molecule has 2 N–H and O–H groups in total. The molecule has 1 amide bonds. The summed E-state index contributed by atoms with van der Waals surface area (Å²) in [5.74, 6) is 0.857. The van der Waals surface area contributed by atoms with E-state index in [9.17, 15) is 4.79 Å². The Kier molecular flexibility index (Phi) is 5.05. The highest BCUT2D eigenvalue weighted by Gasteiger charge is 2.56. The molecule has 28 heavy (non-hydrogen) atoms. The van der Waals surface area contributed by atoms with Gasteiger partial charge in [-0.25, -0.2) is 9.97 Å². The number of nitrogens with zero attached hydrogens (tertiary/aromatic N) is 5. The van der Waals surface area contributed by atoms with Crippen LogP contribution in [0.2, 0.25) is 0 Å². The van der Waals surface area contributed by atoms with Crippen LogP contribution in [0.25, 0.3) is 0 Å². The number of likely N-dealkylation sites (N-methyl/N-ethyl adjacent to an activating group) is 1. The van der Waals surface area contributed by atoms with Gasteiger partial charge in [0.1, 0.15) is 0 Å². The number of carbonyl (C=O) groups excluding carboxylic acids is 1. The van der Waals surface area contributed by atoms with Crippen molar-refractivity contribution in [1.29, 1.82) is 0 Å². The molecule has 1 atom stereocenters. The van der Waals surface area contributed by atoms with Crippen LogP contribution >= 0.6 is 0 Å². The Hall–Kier alpha value is -1.77. The number of ether oxygens (including phenoxy) is 1. The lowest BCUT2D eigenvalue weighted by molar-refractivity contribution is -0.154. The maximum atomic E-state index is 13.2. The molecule has 4 rings (SSSR count). The van der Waals surface area contributed by atoms with Crippen LogP contribution in [0.4, 0.5) is 5.95 Å². The van der Waals surface area contributed by atoms with Gasteiger partial charge < -0.3 is 20.3 Å². The fraction of sp³-hybridized carbons (Fsp3) is 0.750. The fourth-order valence-corrected chi connectivity index (χ4v) is 5.20. The van der Waals surface area contributed by atoms with Gasteiger partial charge in [-0.3, -0.25) is 9.69 Å². The Morgan fingerprint density at radius 3 is 2.71 bits per heavy atom. The minimum Gasteiger partial charge on any atom is -0.379 e. The SMILES string of the molecule is CN1CC(c2ccnc(N)n2)C2(C1)CN(C(=O)C(C)(C)CN1CCOCC1)C2. The molecule has 0 aliphatic carbocycles. The van der Waals surface area contributed by atoms with Crippen LogP contribution in [0.3, 0.4) is 0 Å². The lowest BCUT2D eigenvalue weighted by Crippen LogP contribution is -2.64. The number of hydrogen-bond acceptors (Lipinski definition) is 7. The summed E-state index contributed by atoms with van der Waals surface area (Å²) in [6, 6.07) is 1.97. The second-order valence-corrected chi connectivity index (χ2v) is 9.39. The first-order chi connectivity index (χ1) is 13.3. The van der Waals surface area contributed by atoms with Crippen molar-refractivity contribution in [3.63, 3.8) is 0 Å². The summed E-state index contributed by atoms with van der Waals surface area (Å²) in [7, 11) is 2.14. The number of rotatable bonds is 4. The van der Waals surface area contributed by atoms with E-state index >= 15 is 0 Å². The van der Waals surface area contributed by atoms with Gasteiger partial charge in [0.05, 0.1) is 24.3 Å². The second kappa shape index (κ2) is 7.24. The third kappa shape index (κ3) is 3.60. The van der Waals surface area contributed by atoms with E-state index in [-0.39, 0.29) is 17.2 Å². The zero-order valence-corrected chi connectivity index (χ0v) is 17.2. The number of aromatic nitrogens is 2. The molecule has 3 aliphatic heterocycles. The monoisotopic (exact) mass is 388 g/mol. The van der Waals surface area contributed by atoms with Gasteiger partial charge in [-0.1, -0.05) is 0 Å². The first-order valence-corrected chi connectivity index (χ1v) is 10.2. The molecule has 0 bridgehead atoms. The third-order valence-corrected chi connectivity index (χ3v) is 6.47. The molecule has 0 aromatic carbocycles. The summed E-state index contributed by atoms with van der Waals surface area (Å²) in [6.07, 6.45) is 1.73. The molecule has 3 aliphatic rings. The Balaban J connectivity index is 1.43. The average molecular weight is 389 g/mol. The van der Waals surface area contributed by atoms with Crippen molar-refractivity contribution < 1.29 is 9.53 Å². The molecule has 1 unspecified atom stereocenters. The fourth-order valence-electron chi connectivity index (χ4n) is 5.20. The average Bonchev–Trinajstić information content (AvgIpc) is 2.98. The van der Waals surface area contributed by atoms with Crippen LogP contribution in [-0.4, -0.2) is 96.6 Å². The summed E-state index contributed by atoms with van der Waals surface area (Å²) >= 11 is 0. The van der Waals surface area contributed by atoms with Crippen molar-refractivity contribution >= 4 is 11.9 Å². The first kappa shape index (κ1) is 19.5. The number of morpholine rings is 1. The highest BCUT2D eigenvalue weighted by atomic mass is 16.5. The summed E-state index contributed by atoms with van der Waals surface area (Å²) in [5.41, 5.74) is 6.49. The van der Waals surface area contributed by atoms with Crippen LogP contribution in [0.15, 0.2) is 12.3 Å². The number of amides is 1. The van der Waals surface area contributed by atoms with Crippen molar-refractivity contribution in [2.24, 2.45) is 10.8 Å². The van der Waals surface area contributed by atoms with Gasteiger partial charge in [-0.05, 0) is 27.0 Å². The predicted molar refractivity (Wildman–Crippen MR) is 107 cm³/mol. The number of likely N-dealkylation sites (tertiary alicyclic amines) is 2. The number of carbonyl (C=O) groups is 1. The summed E-state index contributed by atoms with van der Waals surface area (Å²) in [4.78, 5) is 28.5. The molecule has 8 nitrogen and oxygen atoms in total. The largest absolute Gasteiger partial charge is 0.379 e. The minimum absolute atomic E-state index is 0.0697. The summed E-state index contributed by atoms with van der Waals surface area (Å²) in [5, 5.41) is 0. The molecule has 1 aromatic rings. The Bertz CT molecular complexity index is 727. The molecule has 0 radical (unpaired) electrons. The lowest BCUT2D eigenvalue weighted by Gasteiger charge is -2.53. The number of nitrogen functional groups attached to an aromatic ring is 1. The maximum Gasteiger partial charge on any atom is 0.229 e. The van der Waals surface area contributed by atoms with E-state index in [0.29, 0.717) is 5.95 Å². The van der Waals surface area contributed by atoms with Gasteiger partial charge in [0, 0.05) is 63.3 Å². The normalized spacial score (nSPS) is 25.8. The molecule has 1 aromatic heterocycles. The number of hydrogen-bond donors (Lipinski definition) is 1. The minimum atomic E-state index is -0.391. The van der Waals surface area contributed by atoms with Crippen molar-refractivity contribution in [1.82, 2.24) is 24.7 Å². The topological polar surface area (TPSA) is 87.8 Å². The van der Waals surface area contributed by atoms with E-state index in [1.54, 1.807) is 6.20 Å². The molecular weight excluding hydrogens is 356 g/mol. The molecule has 4 heterocycles. The summed E-state index contributed by atoms with van der Waals surface area (Å²) < 4.78 is 5.43. The molecule has 1 spiro atoms. The number of nitrogens with two attached hydrogens (primary N) is 1. The van der Waals surface area contributed by atoms with E-state index in [4.69, 9.17) is 10.5 Å². The highest BCUT2D eigenvalue weighted by Crippen LogP contribution is 2.49. The van der Waals surface area contributed by atoms with E-state index in [2.05, 4.69) is 40.7 Å². The van der Waals surface area contributed by atoms with Gasteiger partial charge in [-0.15, -0.1) is 0 Å². The summed E-state index contributed by atoms with van der Waals surface area (Å²) in [6.45, 7) is 11.7. The quantitative estimate of drug-likeness (QED) is 0.792. The van der Waals surface area contributed by atoms with Crippen molar-refractivity contribution in [3.05, 3.63) is 18.0 Å². The lowest BCUT2D eigenvalue weighted by atomic mass is 9.69. The van der Waals surface area contributed by atoms with Gasteiger partial charge in [0.15, 0.2) is 0 Å². The molecule has 154 valence electrons. The van der Waals surface area contributed by atoms with Gasteiger partial charge in [0.2, 0.25) is 11.9 Å². The third-order valence-electron chi connectivity index (χ3n) is 6.47. The molecule has 3 fully saturated rings. The van der Waals surface area contributed by atoms with Gasteiger partial charge in [0.25, 0.3) is 0 Å². The molecule has 8 heteroatoms. The van der Waals surface area contributed by atoms with Crippen LogP contribution in [0.5, 0.6) is 0 Å². The van der Waals surface area contributed by atoms with Crippen LogP contribution in [0, 0.1) is 10.8 Å². The van der Waals surface area contributed by atoms with Gasteiger partial charge in [-0.2, -0.15) is 0 Å². The Morgan fingerprint density at radius 2 is 2.04 bits per heavy atom. The number of anilines is 1. The van der Waals surface area contributed by atoms with E-state index in [1.165, 1.54) is 0 Å². The zero-order chi connectivity index (χ0) is 19.9. The second-order valence-electron chi connectivity index (χ2n) is 9.39. The van der Waals surface area contributed by atoms with E-state index in [0.717, 1.165) is 64.7 Å². The van der Waals surface area contributed by atoms with E-state index < -0.39 is 5.41 Å². The van der Waals surface area contributed by atoms with Crippen molar-refractivity contribution in [3.8, 4) is 0 Å². The Labute approximate surface area is 167 Å². The van der Waals surface area contributed by atoms with E-state index in [1.807, 2.05) is 11.0 Å². The smallest absolute Gasteiger partial charge is 0.229 e. The standard InChI is InChI=1S/C20H32N6O2/c1-19(2,11-25-6-8-28-9-7-25)17(27)26-13-20(14-26)12-24(3)10-15(20)16-4-5-22-18(21)23-16/h4-5,15H,6-14H2,1-3H3,(H2,21,22,23). The van der Waals surface area contributed by atoms with Crippen molar-refractivity contribution in [2.45, 2.75) is 19.8 Å². The zero-order valence-electron chi connectivity index (χ0n) is 17.2. The van der Waals surface area contributed by atoms with Crippen molar-refractivity contribution in [2.75, 3.05) is 71.8 Å². The molecule has 0 saturated carbocycles. The van der Waals surface area contributed by atoms with Crippen LogP contribution in [-0.2, 0) is 9.53 Å². The molecular formula is C20H32N6O2. The predicted octanol–water partition coefficient (Wildman–Crippen LogP) is 0.275. The van der Waals surface area contributed by atoms with Crippen LogP contribution < -0.4 is 5.73 Å². The first-order valence-electron chi connectivity index (χ1n) is 10.2. The Morgan fingerprint density at radius 1 is 1.32 bits per heavy atom. The van der Waals surface area contributed by atoms with Crippen LogP contribution in [0.1, 0.15) is 25.5 Å².